The molecule has 0 aromatic heterocycles. The lowest BCUT2D eigenvalue weighted by Crippen LogP contribution is -2.32. The van der Waals surface area contributed by atoms with Gasteiger partial charge < -0.3 is 21.7 Å². The fourth-order valence-electron chi connectivity index (χ4n) is 1.94. The van der Waals surface area contributed by atoms with Crippen LogP contribution in [0.5, 0.6) is 0 Å². The number of hydrogen-bond donors (Lipinski definition) is 4. The van der Waals surface area contributed by atoms with Gasteiger partial charge in [0, 0.05) is 18.7 Å². The topological polar surface area (TPSA) is 92.5 Å². The van der Waals surface area contributed by atoms with Gasteiger partial charge in [-0.2, -0.15) is 0 Å². The van der Waals surface area contributed by atoms with Crippen molar-refractivity contribution in [1.29, 1.82) is 0 Å². The summed E-state index contributed by atoms with van der Waals surface area (Å²) in [5.74, 6) is 0. The van der Waals surface area contributed by atoms with Crippen LogP contribution in [-0.2, 0) is 0 Å². The van der Waals surface area contributed by atoms with Gasteiger partial charge in [-0.15, -0.1) is 0 Å². The second kappa shape index (κ2) is 8.86. The maximum Gasteiger partial charge on any atom is 0.0591 e. The highest BCUT2D eigenvalue weighted by Crippen LogP contribution is 2.14. The van der Waals surface area contributed by atoms with Crippen LogP contribution in [0.15, 0.2) is 0 Å². The zero-order valence-electron chi connectivity index (χ0n) is 11.4. The third-order valence-corrected chi connectivity index (χ3v) is 2.95. The van der Waals surface area contributed by atoms with Crippen LogP contribution in [0.3, 0.4) is 0 Å². The van der Waals surface area contributed by atoms with E-state index in [2.05, 4.69) is 0 Å². The van der Waals surface area contributed by atoms with Gasteiger partial charge in [0.25, 0.3) is 0 Å². The lowest BCUT2D eigenvalue weighted by Gasteiger charge is -2.20. The Morgan fingerprint density at radius 3 is 2.00 bits per heavy atom. The van der Waals surface area contributed by atoms with Crippen molar-refractivity contribution in [3.63, 3.8) is 0 Å². The number of aliphatic hydroxyl groups is 2. The largest absolute Gasteiger partial charge is 0.396 e. The molecule has 0 amide bonds. The van der Waals surface area contributed by atoms with E-state index < -0.39 is 5.60 Å². The molecule has 0 aromatic carbocycles. The number of aliphatic hydroxyl groups excluding tert-OH is 1. The summed E-state index contributed by atoms with van der Waals surface area (Å²) in [5, 5.41) is 18.2. The molecule has 17 heavy (non-hydrogen) atoms. The number of nitrogens with two attached hydrogens (primary N) is 2. The van der Waals surface area contributed by atoms with Gasteiger partial charge >= 0.3 is 0 Å². The Labute approximate surface area is 105 Å². The molecule has 0 aliphatic rings. The van der Waals surface area contributed by atoms with Crippen molar-refractivity contribution in [2.75, 3.05) is 6.61 Å². The molecule has 6 N–H and O–H groups in total. The first kappa shape index (κ1) is 16.8. The molecule has 0 saturated carbocycles. The van der Waals surface area contributed by atoms with Gasteiger partial charge in [0.05, 0.1) is 5.60 Å². The average molecular weight is 246 g/mol. The summed E-state index contributed by atoms with van der Waals surface area (Å²) in [6.45, 7) is 3.88. The first-order valence-electron chi connectivity index (χ1n) is 6.69. The Kier molecular flexibility index (Phi) is 8.78. The highest BCUT2D eigenvalue weighted by Gasteiger charge is 2.14. The van der Waals surface area contributed by atoms with Crippen LogP contribution in [0.25, 0.3) is 0 Å². The molecule has 0 heterocycles. The van der Waals surface area contributed by atoms with Gasteiger partial charge in [0.15, 0.2) is 0 Å². The van der Waals surface area contributed by atoms with E-state index in [0.717, 1.165) is 44.9 Å². The van der Waals surface area contributed by atoms with E-state index in [-0.39, 0.29) is 18.7 Å². The normalized spacial score (nSPS) is 15.9. The minimum absolute atomic E-state index is 0.126. The van der Waals surface area contributed by atoms with E-state index >= 15 is 0 Å². The third kappa shape index (κ3) is 12.1. The Balaban J connectivity index is 3.53. The molecular weight excluding hydrogens is 216 g/mol. The van der Waals surface area contributed by atoms with Gasteiger partial charge in [-0.3, -0.25) is 0 Å². The van der Waals surface area contributed by atoms with Crippen LogP contribution in [0.4, 0.5) is 0 Å². The molecule has 104 valence electrons. The lowest BCUT2D eigenvalue weighted by molar-refractivity contribution is 0.0676. The average Bonchev–Trinajstić information content (AvgIpc) is 2.15. The summed E-state index contributed by atoms with van der Waals surface area (Å²) in [6, 6.07) is 0.264. The quantitative estimate of drug-likeness (QED) is 0.435. The van der Waals surface area contributed by atoms with E-state index in [4.69, 9.17) is 16.6 Å². The van der Waals surface area contributed by atoms with Crippen molar-refractivity contribution in [1.82, 2.24) is 0 Å². The third-order valence-electron chi connectivity index (χ3n) is 2.95. The van der Waals surface area contributed by atoms with Crippen molar-refractivity contribution in [3.8, 4) is 0 Å². The van der Waals surface area contributed by atoms with Crippen LogP contribution in [0, 0.1) is 0 Å². The summed E-state index contributed by atoms with van der Waals surface area (Å²) in [6.07, 6.45) is 6.18. The predicted octanol–water partition coefficient (Wildman–Crippen LogP) is 1.13. The molecule has 0 fully saturated rings. The summed E-state index contributed by atoms with van der Waals surface area (Å²) >= 11 is 0. The molecule has 2 atom stereocenters. The second-order valence-electron chi connectivity index (χ2n) is 5.68. The molecule has 0 aliphatic carbocycles. The second-order valence-corrected chi connectivity index (χ2v) is 5.68. The standard InChI is InChI=1S/C13H30N2O2/c1-13(2,17)8-5-7-12(15)10-11(14)6-3-4-9-16/h11-12,16-17H,3-10,14-15H2,1-2H3. The number of unbranched alkanes of at least 4 members (excludes halogenated alkanes) is 1. The molecular formula is C13H30N2O2. The minimum Gasteiger partial charge on any atom is -0.396 e. The van der Waals surface area contributed by atoms with Gasteiger partial charge in [-0.05, 0) is 58.8 Å². The van der Waals surface area contributed by atoms with Gasteiger partial charge in [-0.1, -0.05) is 0 Å². The Bertz CT molecular complexity index is 181. The number of hydrogen-bond acceptors (Lipinski definition) is 4. The van der Waals surface area contributed by atoms with E-state index in [9.17, 15) is 5.11 Å². The minimum atomic E-state index is -0.594. The van der Waals surface area contributed by atoms with Crippen molar-refractivity contribution in [2.45, 2.75) is 76.5 Å². The van der Waals surface area contributed by atoms with Crippen LogP contribution >= 0.6 is 0 Å². The lowest BCUT2D eigenvalue weighted by atomic mass is 9.95. The first-order valence-corrected chi connectivity index (χ1v) is 6.69. The molecule has 0 saturated heterocycles. The zero-order chi connectivity index (χ0) is 13.3. The molecule has 0 rings (SSSR count). The van der Waals surface area contributed by atoms with Gasteiger partial charge in [-0.25, -0.2) is 0 Å². The highest BCUT2D eigenvalue weighted by molar-refractivity contribution is 4.73. The Morgan fingerprint density at radius 1 is 1.00 bits per heavy atom. The molecule has 0 aromatic rings. The molecule has 0 spiro atoms. The van der Waals surface area contributed by atoms with E-state index in [0.29, 0.717) is 0 Å². The highest BCUT2D eigenvalue weighted by atomic mass is 16.3. The maximum absolute atomic E-state index is 9.57. The van der Waals surface area contributed by atoms with Gasteiger partial charge in [0.2, 0.25) is 0 Å². The van der Waals surface area contributed by atoms with Crippen LogP contribution in [0.2, 0.25) is 0 Å². The van der Waals surface area contributed by atoms with Crippen LogP contribution in [0.1, 0.15) is 58.8 Å². The van der Waals surface area contributed by atoms with Crippen LogP contribution in [-0.4, -0.2) is 34.5 Å². The summed E-state index contributed by atoms with van der Waals surface area (Å²) in [5.41, 5.74) is 11.4. The summed E-state index contributed by atoms with van der Waals surface area (Å²) < 4.78 is 0. The molecule has 0 aliphatic heterocycles. The summed E-state index contributed by atoms with van der Waals surface area (Å²) in [4.78, 5) is 0. The van der Waals surface area contributed by atoms with Crippen molar-refractivity contribution in [3.05, 3.63) is 0 Å². The smallest absolute Gasteiger partial charge is 0.0591 e. The maximum atomic E-state index is 9.57. The van der Waals surface area contributed by atoms with Crippen molar-refractivity contribution in [2.24, 2.45) is 11.5 Å². The molecule has 2 unspecified atom stereocenters. The summed E-state index contributed by atoms with van der Waals surface area (Å²) in [7, 11) is 0. The van der Waals surface area contributed by atoms with E-state index in [1.807, 2.05) is 13.8 Å². The zero-order valence-corrected chi connectivity index (χ0v) is 11.4. The fourth-order valence-corrected chi connectivity index (χ4v) is 1.94. The predicted molar refractivity (Wildman–Crippen MR) is 71.7 cm³/mol. The van der Waals surface area contributed by atoms with Gasteiger partial charge in [0.1, 0.15) is 0 Å². The first-order chi connectivity index (χ1) is 7.85. The fraction of sp³-hybridized carbons (Fsp3) is 1.00. The van der Waals surface area contributed by atoms with E-state index in [1.54, 1.807) is 0 Å². The monoisotopic (exact) mass is 246 g/mol. The Hall–Kier alpha value is -0.160. The molecule has 4 heteroatoms. The molecule has 0 radical (unpaired) electrons. The number of rotatable bonds is 10. The van der Waals surface area contributed by atoms with Crippen molar-refractivity contribution < 1.29 is 10.2 Å². The van der Waals surface area contributed by atoms with E-state index in [1.165, 1.54) is 0 Å². The SMILES string of the molecule is CC(C)(O)CCCC(N)CC(N)CCCCO. The Morgan fingerprint density at radius 2 is 1.53 bits per heavy atom. The van der Waals surface area contributed by atoms with Crippen molar-refractivity contribution >= 4 is 0 Å². The molecule has 4 nitrogen and oxygen atoms in total. The van der Waals surface area contributed by atoms with Crippen LogP contribution < -0.4 is 11.5 Å². The molecule has 0 bridgehead atoms.